The van der Waals surface area contributed by atoms with Crippen molar-refractivity contribution in [2.75, 3.05) is 51.2 Å². The molecule has 0 saturated carbocycles. The molecule has 1 aromatic carbocycles. The van der Waals surface area contributed by atoms with E-state index in [1.54, 1.807) is 17.0 Å². The van der Waals surface area contributed by atoms with E-state index in [1.165, 1.54) is 24.2 Å². The van der Waals surface area contributed by atoms with Gasteiger partial charge in [0.25, 0.3) is 0 Å². The van der Waals surface area contributed by atoms with Crippen LogP contribution in [0.2, 0.25) is 0 Å². The zero-order chi connectivity index (χ0) is 28.5. The molecule has 0 spiro atoms. The number of urea groups is 2. The molecule has 0 radical (unpaired) electrons. The van der Waals surface area contributed by atoms with Gasteiger partial charge in [0, 0.05) is 31.9 Å². The van der Waals surface area contributed by atoms with Crippen molar-refractivity contribution in [3.8, 4) is 5.75 Å². The Kier molecular flexibility index (Phi) is 10.6. The number of ether oxygens (including phenoxy) is 1. The number of imide groups is 1. The van der Waals surface area contributed by atoms with Gasteiger partial charge in [0.15, 0.2) is 6.04 Å². The van der Waals surface area contributed by atoms with Gasteiger partial charge in [0.1, 0.15) is 5.75 Å². The smallest absolute Gasteiger partial charge is 0.327 e. The third-order valence-electron chi connectivity index (χ3n) is 8.18. The first-order valence-corrected chi connectivity index (χ1v) is 14.7. The molecule has 220 valence electrons. The number of likely N-dealkylation sites (tertiary alicyclic amines) is 1. The summed E-state index contributed by atoms with van der Waals surface area (Å²) in [5.41, 5.74) is 0.647. The van der Waals surface area contributed by atoms with Crippen molar-refractivity contribution in [2.24, 2.45) is 11.8 Å². The van der Waals surface area contributed by atoms with Crippen molar-refractivity contribution in [2.45, 2.75) is 64.3 Å². The van der Waals surface area contributed by atoms with Crippen molar-refractivity contribution in [1.82, 2.24) is 20.0 Å². The number of carbonyl (C=O) groups excluding carboxylic acids is 3. The molecular weight excluding hydrogens is 514 g/mol. The van der Waals surface area contributed by atoms with Gasteiger partial charge in [-0.1, -0.05) is 32.6 Å². The second-order valence-corrected chi connectivity index (χ2v) is 11.0. The Morgan fingerprint density at radius 1 is 0.975 bits per heavy atom. The number of β-lactam (4-membered cyclic amide) rings is 1. The lowest BCUT2D eigenvalue weighted by Crippen LogP contribution is -2.69. The highest BCUT2D eigenvalue weighted by Crippen LogP contribution is 2.35. The van der Waals surface area contributed by atoms with Crippen LogP contribution in [-0.2, 0) is 9.59 Å². The molecule has 3 fully saturated rings. The number of aliphatic carboxylic acids is 1. The third-order valence-corrected chi connectivity index (χ3v) is 8.18. The summed E-state index contributed by atoms with van der Waals surface area (Å²) < 4.78 is 5.78. The summed E-state index contributed by atoms with van der Waals surface area (Å²) in [5.74, 6) is -1.15. The molecule has 0 aromatic heterocycles. The fraction of sp³-hybridized carbons (Fsp3) is 0.655. The number of nitrogens with one attached hydrogen (secondary N) is 2. The van der Waals surface area contributed by atoms with Crippen molar-refractivity contribution in [1.29, 1.82) is 0 Å². The molecule has 4 rings (SSSR count). The Morgan fingerprint density at radius 2 is 1.62 bits per heavy atom. The number of hydrogen-bond donors (Lipinski definition) is 3. The summed E-state index contributed by atoms with van der Waals surface area (Å²) in [4.78, 5) is 54.7. The molecular formula is C29H43N5O6. The van der Waals surface area contributed by atoms with Crippen LogP contribution in [0.25, 0.3) is 0 Å². The highest BCUT2D eigenvalue weighted by atomic mass is 16.5. The summed E-state index contributed by atoms with van der Waals surface area (Å²) in [6, 6.07) is 5.28. The van der Waals surface area contributed by atoms with E-state index in [-0.39, 0.29) is 32.2 Å². The molecule has 5 amide bonds. The first-order chi connectivity index (χ1) is 19.4. The minimum absolute atomic E-state index is 0.229. The van der Waals surface area contributed by atoms with Gasteiger partial charge in [-0.05, 0) is 69.0 Å². The number of piperazine rings is 1. The largest absolute Gasteiger partial charge is 0.494 e. The highest BCUT2D eigenvalue weighted by molar-refractivity contribution is 6.07. The average Bonchev–Trinajstić information content (AvgIpc) is 2.97. The zero-order valence-electron chi connectivity index (χ0n) is 23.5. The molecule has 11 heteroatoms. The van der Waals surface area contributed by atoms with Crippen molar-refractivity contribution in [3.05, 3.63) is 24.3 Å². The molecule has 3 aliphatic rings. The van der Waals surface area contributed by atoms with Crippen LogP contribution < -0.4 is 15.4 Å². The van der Waals surface area contributed by atoms with Crippen LogP contribution in [0.3, 0.4) is 0 Å². The molecule has 40 heavy (non-hydrogen) atoms. The molecule has 0 unspecified atom stereocenters. The van der Waals surface area contributed by atoms with E-state index in [0.29, 0.717) is 24.6 Å². The Balaban J connectivity index is 1.20. The minimum Gasteiger partial charge on any atom is -0.494 e. The van der Waals surface area contributed by atoms with Gasteiger partial charge in [0.05, 0.1) is 12.5 Å². The highest BCUT2D eigenvalue weighted by Gasteiger charge is 2.56. The summed E-state index contributed by atoms with van der Waals surface area (Å²) in [6.45, 7) is 5.63. The topological polar surface area (TPSA) is 132 Å². The lowest BCUT2D eigenvalue weighted by atomic mass is 9.78. The predicted molar refractivity (Wildman–Crippen MR) is 150 cm³/mol. The van der Waals surface area contributed by atoms with E-state index in [2.05, 4.69) is 17.6 Å². The molecule has 1 aromatic rings. The van der Waals surface area contributed by atoms with Crippen LogP contribution in [-0.4, -0.2) is 95.7 Å². The molecule has 3 N–H and O–H groups in total. The number of anilines is 1. The number of unbranched alkanes of at least 4 members (excludes halogenated alkanes) is 4. The van der Waals surface area contributed by atoms with E-state index in [9.17, 15) is 24.3 Å². The quantitative estimate of drug-likeness (QED) is 0.280. The SMILES string of the molecule is CCCCCCCOc1ccc(NC(=O)N2CCN(C(=O)N3C(=O)[C@H](CC4CCNCC4)[C@H]3C(=O)O)CC2)cc1. The zero-order valence-corrected chi connectivity index (χ0v) is 23.5. The standard InChI is InChI=1S/C29H43N5O6/c1-2-3-4-5-6-19-40-23-9-7-22(8-10-23)31-28(38)32-15-17-33(18-16-32)29(39)34-25(27(36)37)24(26(34)35)20-21-11-13-30-14-12-21/h7-10,21,24-25,30H,2-6,11-20H2,1H3,(H,31,38)(H,36,37)/t24-,25+/m1/s1. The van der Waals surface area contributed by atoms with E-state index >= 15 is 0 Å². The summed E-state index contributed by atoms with van der Waals surface area (Å²) in [7, 11) is 0. The molecule has 2 atom stereocenters. The fourth-order valence-corrected chi connectivity index (χ4v) is 5.74. The maximum absolute atomic E-state index is 13.1. The van der Waals surface area contributed by atoms with Gasteiger partial charge in [-0.25, -0.2) is 19.3 Å². The van der Waals surface area contributed by atoms with Gasteiger partial charge in [-0.15, -0.1) is 0 Å². The Bertz CT molecular complexity index is 1020. The number of carboxylic acid groups (broad SMARTS) is 1. The Morgan fingerprint density at radius 3 is 2.27 bits per heavy atom. The number of hydrogen-bond acceptors (Lipinski definition) is 6. The molecule has 0 bridgehead atoms. The molecule has 3 saturated heterocycles. The lowest BCUT2D eigenvalue weighted by Gasteiger charge is -2.47. The number of amides is 5. The Hall–Kier alpha value is -3.34. The predicted octanol–water partition coefficient (Wildman–Crippen LogP) is 3.61. The maximum Gasteiger partial charge on any atom is 0.327 e. The maximum atomic E-state index is 13.1. The number of piperidine rings is 1. The summed E-state index contributed by atoms with van der Waals surface area (Å²) >= 11 is 0. The van der Waals surface area contributed by atoms with Crippen LogP contribution in [0.5, 0.6) is 5.75 Å². The van der Waals surface area contributed by atoms with Gasteiger partial charge in [-0.3, -0.25) is 4.79 Å². The molecule has 3 aliphatic heterocycles. The Labute approximate surface area is 236 Å². The number of carbonyl (C=O) groups is 4. The van der Waals surface area contributed by atoms with Crippen LogP contribution >= 0.6 is 0 Å². The van der Waals surface area contributed by atoms with E-state index in [1.807, 2.05) is 12.1 Å². The third kappa shape index (κ3) is 7.44. The van der Waals surface area contributed by atoms with Gasteiger partial charge in [-0.2, -0.15) is 0 Å². The average molecular weight is 558 g/mol. The summed E-state index contributed by atoms with van der Waals surface area (Å²) in [5, 5.41) is 15.9. The van der Waals surface area contributed by atoms with E-state index in [4.69, 9.17) is 4.74 Å². The minimum atomic E-state index is -1.15. The second-order valence-electron chi connectivity index (χ2n) is 11.0. The molecule has 11 nitrogen and oxygen atoms in total. The molecule has 3 heterocycles. The lowest BCUT2D eigenvalue weighted by molar-refractivity contribution is -0.167. The fourth-order valence-electron chi connectivity index (χ4n) is 5.74. The van der Waals surface area contributed by atoms with Gasteiger partial charge >= 0.3 is 18.0 Å². The normalized spacial score (nSPS) is 21.6. The second kappa shape index (κ2) is 14.3. The van der Waals surface area contributed by atoms with Crippen LogP contribution in [0.4, 0.5) is 15.3 Å². The van der Waals surface area contributed by atoms with Crippen LogP contribution in [0, 0.1) is 11.8 Å². The number of carboxylic acids is 1. The van der Waals surface area contributed by atoms with E-state index < -0.39 is 29.9 Å². The van der Waals surface area contributed by atoms with Crippen LogP contribution in [0.1, 0.15) is 58.3 Å². The monoisotopic (exact) mass is 557 g/mol. The van der Waals surface area contributed by atoms with E-state index in [0.717, 1.165) is 49.4 Å². The first kappa shape index (κ1) is 29.6. The van der Waals surface area contributed by atoms with Crippen LogP contribution in [0.15, 0.2) is 24.3 Å². The van der Waals surface area contributed by atoms with Gasteiger partial charge < -0.3 is 30.3 Å². The number of benzene rings is 1. The molecule has 0 aliphatic carbocycles. The van der Waals surface area contributed by atoms with Crippen molar-refractivity contribution < 1.29 is 29.0 Å². The van der Waals surface area contributed by atoms with Crippen molar-refractivity contribution in [3.63, 3.8) is 0 Å². The van der Waals surface area contributed by atoms with Crippen molar-refractivity contribution >= 4 is 29.6 Å². The summed E-state index contributed by atoms with van der Waals surface area (Å²) in [6.07, 6.45) is 8.20. The number of rotatable bonds is 11. The van der Waals surface area contributed by atoms with Gasteiger partial charge in [0.2, 0.25) is 5.91 Å². The number of nitrogens with zero attached hydrogens (tertiary/aromatic N) is 3. The first-order valence-electron chi connectivity index (χ1n) is 14.7.